The lowest BCUT2D eigenvalue weighted by atomic mass is 9.97. The largest absolute Gasteiger partial charge is 0.469 e. The number of guanidine groups is 1. The molecule has 1 N–H and O–H groups in total. The number of likely N-dealkylation sites (tertiary alicyclic amines) is 2. The van der Waals surface area contributed by atoms with Crippen LogP contribution in [0, 0.1) is 11.8 Å². The van der Waals surface area contributed by atoms with Gasteiger partial charge >= 0.3 is 12.1 Å². The summed E-state index contributed by atoms with van der Waals surface area (Å²) in [6.45, 7) is 12.4. The smallest absolute Gasteiger partial charge is 0.410 e. The van der Waals surface area contributed by atoms with Crippen molar-refractivity contribution in [3.8, 4) is 0 Å². The van der Waals surface area contributed by atoms with Crippen LogP contribution < -0.4 is 5.32 Å². The third-order valence-corrected chi connectivity index (χ3v) is 5.43. The molecule has 0 radical (unpaired) electrons. The van der Waals surface area contributed by atoms with Crippen LogP contribution in [0.3, 0.4) is 0 Å². The predicted octanol–water partition coefficient (Wildman–Crippen LogP) is 3.10. The highest BCUT2D eigenvalue weighted by Crippen LogP contribution is 2.21. The van der Waals surface area contributed by atoms with Gasteiger partial charge in [0.1, 0.15) is 5.60 Å². The lowest BCUT2D eigenvalue weighted by Crippen LogP contribution is -2.47. The van der Waals surface area contributed by atoms with Crippen LogP contribution in [0.5, 0.6) is 0 Å². The zero-order valence-electron chi connectivity index (χ0n) is 19.1. The number of ether oxygens (including phenoxy) is 2. The number of halogens is 1. The van der Waals surface area contributed by atoms with E-state index in [-0.39, 0.29) is 42.0 Å². The number of aliphatic imine (C=N–C) groups is 1. The Labute approximate surface area is 198 Å². The molecule has 2 aliphatic rings. The molecule has 2 rings (SSSR count). The van der Waals surface area contributed by atoms with Gasteiger partial charge in [0.2, 0.25) is 0 Å². The number of hydrogen-bond acceptors (Lipinski definition) is 5. The van der Waals surface area contributed by atoms with Crippen LogP contribution >= 0.6 is 24.0 Å². The molecule has 174 valence electrons. The van der Waals surface area contributed by atoms with Crippen molar-refractivity contribution < 1.29 is 19.1 Å². The quantitative estimate of drug-likeness (QED) is 0.257. The highest BCUT2D eigenvalue weighted by Gasteiger charge is 2.28. The fraction of sp³-hybridized carbons (Fsp3) is 0.857. The highest BCUT2D eigenvalue weighted by molar-refractivity contribution is 14.0. The van der Waals surface area contributed by atoms with Crippen LogP contribution in [0.15, 0.2) is 4.99 Å². The fourth-order valence-electron chi connectivity index (χ4n) is 3.76. The Morgan fingerprint density at radius 1 is 1.03 bits per heavy atom. The van der Waals surface area contributed by atoms with E-state index < -0.39 is 5.60 Å². The summed E-state index contributed by atoms with van der Waals surface area (Å²) in [6.07, 6.45) is 3.25. The fourth-order valence-corrected chi connectivity index (χ4v) is 3.76. The maximum absolute atomic E-state index is 12.2. The van der Waals surface area contributed by atoms with Gasteiger partial charge in [-0.05, 0) is 59.3 Å². The molecule has 2 saturated heterocycles. The summed E-state index contributed by atoms with van der Waals surface area (Å²) in [5.74, 6) is 1.28. The van der Waals surface area contributed by atoms with E-state index in [1.54, 1.807) is 4.90 Å². The molecule has 2 heterocycles. The van der Waals surface area contributed by atoms with Crippen molar-refractivity contribution in [2.75, 3.05) is 46.4 Å². The Balaban J connectivity index is 0.00000450. The van der Waals surface area contributed by atoms with Gasteiger partial charge in [0.15, 0.2) is 5.96 Å². The van der Waals surface area contributed by atoms with Gasteiger partial charge in [-0.1, -0.05) is 0 Å². The van der Waals surface area contributed by atoms with E-state index in [2.05, 4.69) is 17.1 Å². The number of amides is 1. The summed E-state index contributed by atoms with van der Waals surface area (Å²) >= 11 is 0. The Kier molecular flexibility index (Phi) is 11.2. The summed E-state index contributed by atoms with van der Waals surface area (Å²) in [5, 5.41) is 3.38. The minimum Gasteiger partial charge on any atom is -0.469 e. The summed E-state index contributed by atoms with van der Waals surface area (Å²) in [5.41, 5.74) is -0.458. The average Bonchev–Trinajstić information content (AvgIpc) is 2.69. The number of esters is 1. The van der Waals surface area contributed by atoms with Gasteiger partial charge in [0.25, 0.3) is 0 Å². The standard InChI is InChI=1S/C21H38N4O4.HI/c1-6-22-19(24-13-9-17(10-14-24)18(26)28-5)23-15-16-7-11-25(12-8-16)20(27)29-21(2,3)4;/h16-17H,6-15H2,1-5H3,(H,22,23);1H. The van der Waals surface area contributed by atoms with Gasteiger partial charge in [-0.25, -0.2) is 4.79 Å². The average molecular weight is 538 g/mol. The summed E-state index contributed by atoms with van der Waals surface area (Å²) in [7, 11) is 1.45. The van der Waals surface area contributed by atoms with Gasteiger partial charge in [0.05, 0.1) is 13.0 Å². The first-order valence-electron chi connectivity index (χ1n) is 10.8. The van der Waals surface area contributed by atoms with Crippen LogP contribution in [0.2, 0.25) is 0 Å². The number of carbonyl (C=O) groups is 2. The van der Waals surface area contributed by atoms with Crippen LogP contribution in [0.4, 0.5) is 4.79 Å². The minimum absolute atomic E-state index is 0. The van der Waals surface area contributed by atoms with Crippen molar-refractivity contribution in [3.63, 3.8) is 0 Å². The molecule has 0 aromatic carbocycles. The summed E-state index contributed by atoms with van der Waals surface area (Å²) in [6, 6.07) is 0. The lowest BCUT2D eigenvalue weighted by molar-refractivity contribution is -0.146. The van der Waals surface area contributed by atoms with E-state index in [0.717, 1.165) is 70.9 Å². The molecule has 0 saturated carbocycles. The molecule has 2 fully saturated rings. The second-order valence-electron chi connectivity index (χ2n) is 8.89. The number of piperidine rings is 2. The molecule has 0 unspecified atom stereocenters. The highest BCUT2D eigenvalue weighted by atomic mass is 127. The van der Waals surface area contributed by atoms with E-state index in [9.17, 15) is 9.59 Å². The van der Waals surface area contributed by atoms with Crippen molar-refractivity contribution in [1.29, 1.82) is 0 Å². The Morgan fingerprint density at radius 2 is 1.60 bits per heavy atom. The Hall–Kier alpha value is -1.26. The molecule has 0 atom stereocenters. The molecule has 0 bridgehead atoms. The molecule has 1 amide bonds. The van der Waals surface area contributed by atoms with E-state index in [0.29, 0.717) is 5.92 Å². The van der Waals surface area contributed by atoms with Gasteiger partial charge in [-0.15, -0.1) is 24.0 Å². The first-order valence-corrected chi connectivity index (χ1v) is 10.8. The molecular weight excluding hydrogens is 499 g/mol. The zero-order valence-corrected chi connectivity index (χ0v) is 21.4. The number of nitrogens with zero attached hydrogens (tertiary/aromatic N) is 3. The summed E-state index contributed by atoms with van der Waals surface area (Å²) in [4.78, 5) is 32.8. The minimum atomic E-state index is -0.458. The zero-order chi connectivity index (χ0) is 21.4. The van der Waals surface area contributed by atoms with Crippen molar-refractivity contribution in [1.82, 2.24) is 15.1 Å². The van der Waals surface area contributed by atoms with E-state index in [1.807, 2.05) is 20.8 Å². The van der Waals surface area contributed by atoms with E-state index >= 15 is 0 Å². The number of hydrogen-bond donors (Lipinski definition) is 1. The number of rotatable bonds is 4. The number of methoxy groups -OCH3 is 1. The number of nitrogens with one attached hydrogen (secondary N) is 1. The predicted molar refractivity (Wildman–Crippen MR) is 128 cm³/mol. The molecule has 0 spiro atoms. The molecule has 0 aliphatic carbocycles. The first kappa shape index (κ1) is 26.8. The van der Waals surface area contributed by atoms with Gasteiger partial charge in [0, 0.05) is 39.3 Å². The molecule has 9 heteroatoms. The molecule has 0 aromatic rings. The topological polar surface area (TPSA) is 83.5 Å². The molecule has 0 aromatic heterocycles. The third kappa shape index (κ3) is 8.47. The Morgan fingerprint density at radius 3 is 2.10 bits per heavy atom. The SMILES string of the molecule is CCNC(=NCC1CCN(C(=O)OC(C)(C)C)CC1)N1CCC(C(=O)OC)CC1.I. The second kappa shape index (κ2) is 12.6. The number of carbonyl (C=O) groups excluding carboxylic acids is 2. The lowest BCUT2D eigenvalue weighted by Gasteiger charge is -2.34. The van der Waals surface area contributed by atoms with Crippen molar-refractivity contribution in [2.24, 2.45) is 16.8 Å². The van der Waals surface area contributed by atoms with Crippen molar-refractivity contribution in [3.05, 3.63) is 0 Å². The van der Waals surface area contributed by atoms with Gasteiger partial charge in [-0.2, -0.15) is 0 Å². The van der Waals surface area contributed by atoms with Gasteiger partial charge < -0.3 is 24.6 Å². The third-order valence-electron chi connectivity index (χ3n) is 5.43. The summed E-state index contributed by atoms with van der Waals surface area (Å²) < 4.78 is 10.3. The molecule has 2 aliphatic heterocycles. The van der Waals surface area contributed by atoms with E-state index in [4.69, 9.17) is 14.5 Å². The maximum Gasteiger partial charge on any atom is 0.410 e. The van der Waals surface area contributed by atoms with Crippen LogP contribution in [-0.4, -0.2) is 79.8 Å². The first-order chi connectivity index (χ1) is 13.7. The van der Waals surface area contributed by atoms with Crippen LogP contribution in [0.1, 0.15) is 53.4 Å². The Bertz CT molecular complexity index is 578. The maximum atomic E-state index is 12.2. The monoisotopic (exact) mass is 538 g/mol. The van der Waals surface area contributed by atoms with Crippen LogP contribution in [0.25, 0.3) is 0 Å². The van der Waals surface area contributed by atoms with Crippen molar-refractivity contribution >= 4 is 42.0 Å². The van der Waals surface area contributed by atoms with Gasteiger partial charge in [-0.3, -0.25) is 9.79 Å². The molecule has 8 nitrogen and oxygen atoms in total. The normalized spacial score (nSPS) is 19.2. The molecular formula is C21H39IN4O4. The second-order valence-corrected chi connectivity index (χ2v) is 8.89. The van der Waals surface area contributed by atoms with Crippen molar-refractivity contribution in [2.45, 2.75) is 59.0 Å². The molecule has 30 heavy (non-hydrogen) atoms. The van der Waals surface area contributed by atoms with E-state index in [1.165, 1.54) is 7.11 Å². The van der Waals surface area contributed by atoms with Crippen LogP contribution in [-0.2, 0) is 14.3 Å².